The van der Waals surface area contributed by atoms with Gasteiger partial charge in [0.2, 0.25) is 11.8 Å². The molecule has 1 fully saturated rings. The van der Waals surface area contributed by atoms with Crippen LogP contribution in [0.25, 0.3) is 0 Å². The maximum atomic E-state index is 12.2. The van der Waals surface area contributed by atoms with Crippen LogP contribution in [0.3, 0.4) is 0 Å². The Kier molecular flexibility index (Phi) is 4.68. The molecule has 1 aliphatic heterocycles. The van der Waals surface area contributed by atoms with Crippen LogP contribution >= 0.6 is 0 Å². The van der Waals surface area contributed by atoms with E-state index in [0.29, 0.717) is 25.5 Å². The summed E-state index contributed by atoms with van der Waals surface area (Å²) in [6.07, 6.45) is 1.66. The van der Waals surface area contributed by atoms with Crippen LogP contribution in [0.15, 0.2) is 42.6 Å². The number of benzene rings is 1. The molecule has 23 heavy (non-hydrogen) atoms. The van der Waals surface area contributed by atoms with Crippen molar-refractivity contribution in [1.29, 1.82) is 0 Å². The summed E-state index contributed by atoms with van der Waals surface area (Å²) < 4.78 is 1.75. The van der Waals surface area contributed by atoms with Gasteiger partial charge in [0.25, 0.3) is 0 Å². The summed E-state index contributed by atoms with van der Waals surface area (Å²) in [7, 11) is 0. The van der Waals surface area contributed by atoms with Crippen molar-refractivity contribution in [2.24, 2.45) is 0 Å². The number of carbonyl (C=O) groups is 2. The Morgan fingerprint density at radius 3 is 2.87 bits per heavy atom. The lowest BCUT2D eigenvalue weighted by Gasteiger charge is -2.25. The highest BCUT2D eigenvalue weighted by atomic mass is 16.2. The molecule has 1 aromatic carbocycles. The number of anilines is 1. The molecule has 0 saturated carbocycles. The third-order valence-electron chi connectivity index (χ3n) is 3.64. The number of nitrogens with zero attached hydrogens (tertiary/aromatic N) is 3. The minimum absolute atomic E-state index is 0.0434. The number of hydrogen-bond acceptors (Lipinski definition) is 4. The molecular weight excluding hydrogens is 294 g/mol. The summed E-state index contributed by atoms with van der Waals surface area (Å²) in [5, 5.41) is 9.85. The summed E-state index contributed by atoms with van der Waals surface area (Å²) in [4.78, 5) is 25.3. The molecular formula is C16H19N5O2. The fourth-order valence-electron chi connectivity index (χ4n) is 2.53. The standard InChI is InChI=1S/C16H19N5O2/c22-15-11-20(9-8-17-15)12-16(23)19-14-6-7-18-21(14)10-13-4-2-1-3-5-13/h1-7H,8-12H2,(H,17,22)(H,19,23). The van der Waals surface area contributed by atoms with Gasteiger partial charge in [-0.1, -0.05) is 30.3 Å². The Balaban J connectivity index is 1.59. The lowest BCUT2D eigenvalue weighted by molar-refractivity contribution is -0.125. The zero-order valence-corrected chi connectivity index (χ0v) is 12.7. The molecule has 7 heteroatoms. The molecule has 0 aliphatic carbocycles. The van der Waals surface area contributed by atoms with Crippen LogP contribution in [0.2, 0.25) is 0 Å². The molecule has 7 nitrogen and oxygen atoms in total. The number of aromatic nitrogens is 2. The highest BCUT2D eigenvalue weighted by Gasteiger charge is 2.19. The quantitative estimate of drug-likeness (QED) is 0.832. The predicted octanol–water partition coefficient (Wildman–Crippen LogP) is 0.302. The van der Waals surface area contributed by atoms with Gasteiger partial charge in [0, 0.05) is 19.2 Å². The second-order valence-corrected chi connectivity index (χ2v) is 5.47. The van der Waals surface area contributed by atoms with Gasteiger partial charge in [-0.15, -0.1) is 0 Å². The van der Waals surface area contributed by atoms with E-state index in [4.69, 9.17) is 0 Å². The molecule has 0 bridgehead atoms. The molecule has 2 amide bonds. The number of piperazine rings is 1. The van der Waals surface area contributed by atoms with Crippen molar-refractivity contribution in [3.05, 3.63) is 48.2 Å². The summed E-state index contributed by atoms with van der Waals surface area (Å²) in [5.41, 5.74) is 1.11. The van der Waals surface area contributed by atoms with E-state index in [0.717, 1.165) is 5.56 Å². The Bertz CT molecular complexity index is 683. The Hall–Kier alpha value is -2.67. The molecule has 0 radical (unpaired) electrons. The molecule has 2 aromatic rings. The molecule has 1 aromatic heterocycles. The lowest BCUT2D eigenvalue weighted by atomic mass is 10.2. The van der Waals surface area contributed by atoms with Gasteiger partial charge in [0.05, 0.1) is 25.8 Å². The van der Waals surface area contributed by atoms with Crippen LogP contribution < -0.4 is 10.6 Å². The van der Waals surface area contributed by atoms with E-state index in [-0.39, 0.29) is 24.9 Å². The summed E-state index contributed by atoms with van der Waals surface area (Å²) in [6.45, 7) is 2.32. The molecule has 0 spiro atoms. The fraction of sp³-hybridized carbons (Fsp3) is 0.312. The highest BCUT2D eigenvalue weighted by molar-refractivity contribution is 5.92. The minimum Gasteiger partial charge on any atom is -0.354 e. The van der Waals surface area contributed by atoms with Gasteiger partial charge < -0.3 is 10.6 Å². The van der Waals surface area contributed by atoms with Gasteiger partial charge in [-0.2, -0.15) is 5.10 Å². The number of amides is 2. The molecule has 120 valence electrons. The topological polar surface area (TPSA) is 79.3 Å². The summed E-state index contributed by atoms with van der Waals surface area (Å²) in [6, 6.07) is 11.7. The second-order valence-electron chi connectivity index (χ2n) is 5.47. The molecule has 3 rings (SSSR count). The van der Waals surface area contributed by atoms with Crippen molar-refractivity contribution in [2.75, 3.05) is 31.5 Å². The number of carbonyl (C=O) groups excluding carboxylic acids is 2. The first-order chi connectivity index (χ1) is 11.2. The van der Waals surface area contributed by atoms with Crippen LogP contribution in [0, 0.1) is 0 Å². The van der Waals surface area contributed by atoms with Crippen molar-refractivity contribution < 1.29 is 9.59 Å². The van der Waals surface area contributed by atoms with E-state index < -0.39 is 0 Å². The predicted molar refractivity (Wildman–Crippen MR) is 85.9 cm³/mol. The first-order valence-corrected chi connectivity index (χ1v) is 7.55. The normalized spacial score (nSPS) is 15.2. The highest BCUT2D eigenvalue weighted by Crippen LogP contribution is 2.10. The van der Waals surface area contributed by atoms with Crippen molar-refractivity contribution in [1.82, 2.24) is 20.0 Å². The molecule has 2 heterocycles. The molecule has 0 unspecified atom stereocenters. The van der Waals surface area contributed by atoms with E-state index >= 15 is 0 Å². The molecule has 1 saturated heterocycles. The van der Waals surface area contributed by atoms with Crippen LogP contribution in [-0.2, 0) is 16.1 Å². The zero-order valence-electron chi connectivity index (χ0n) is 12.7. The maximum Gasteiger partial charge on any atom is 0.239 e. The van der Waals surface area contributed by atoms with Gasteiger partial charge in [0.1, 0.15) is 5.82 Å². The Morgan fingerprint density at radius 2 is 2.09 bits per heavy atom. The van der Waals surface area contributed by atoms with E-state index in [1.807, 2.05) is 35.2 Å². The first kappa shape index (κ1) is 15.2. The van der Waals surface area contributed by atoms with Crippen molar-refractivity contribution >= 4 is 17.6 Å². The van der Waals surface area contributed by atoms with E-state index in [1.54, 1.807) is 16.9 Å². The first-order valence-electron chi connectivity index (χ1n) is 7.55. The lowest BCUT2D eigenvalue weighted by Crippen LogP contribution is -2.49. The average molecular weight is 313 g/mol. The number of hydrogen-bond donors (Lipinski definition) is 2. The number of nitrogens with one attached hydrogen (secondary N) is 2. The van der Waals surface area contributed by atoms with E-state index in [1.165, 1.54) is 0 Å². The van der Waals surface area contributed by atoms with Gasteiger partial charge in [0.15, 0.2) is 0 Å². The SMILES string of the molecule is O=C1CN(CC(=O)Nc2ccnn2Cc2ccccc2)CCN1. The van der Waals surface area contributed by atoms with Crippen molar-refractivity contribution in [3.63, 3.8) is 0 Å². The van der Waals surface area contributed by atoms with Gasteiger partial charge >= 0.3 is 0 Å². The van der Waals surface area contributed by atoms with Crippen LogP contribution in [0.5, 0.6) is 0 Å². The second kappa shape index (κ2) is 7.06. The summed E-state index contributed by atoms with van der Waals surface area (Å²) >= 11 is 0. The Morgan fingerprint density at radius 1 is 1.26 bits per heavy atom. The maximum absolute atomic E-state index is 12.2. The monoisotopic (exact) mass is 313 g/mol. The molecule has 0 atom stereocenters. The van der Waals surface area contributed by atoms with Crippen LogP contribution in [0.4, 0.5) is 5.82 Å². The van der Waals surface area contributed by atoms with Crippen molar-refractivity contribution in [3.8, 4) is 0 Å². The van der Waals surface area contributed by atoms with Crippen LogP contribution in [0.1, 0.15) is 5.56 Å². The summed E-state index contributed by atoms with van der Waals surface area (Å²) in [5.74, 6) is 0.466. The zero-order chi connectivity index (χ0) is 16.1. The largest absolute Gasteiger partial charge is 0.354 e. The fourth-order valence-corrected chi connectivity index (χ4v) is 2.53. The van der Waals surface area contributed by atoms with Crippen LogP contribution in [-0.4, -0.2) is 52.7 Å². The van der Waals surface area contributed by atoms with E-state index in [9.17, 15) is 9.59 Å². The molecule has 1 aliphatic rings. The smallest absolute Gasteiger partial charge is 0.239 e. The third-order valence-corrected chi connectivity index (χ3v) is 3.64. The average Bonchev–Trinajstić information content (AvgIpc) is 2.95. The van der Waals surface area contributed by atoms with Gasteiger partial charge in [-0.25, -0.2) is 4.68 Å². The molecule has 2 N–H and O–H groups in total. The van der Waals surface area contributed by atoms with Gasteiger partial charge in [-0.3, -0.25) is 14.5 Å². The minimum atomic E-state index is -0.144. The Labute approximate surface area is 134 Å². The van der Waals surface area contributed by atoms with Crippen molar-refractivity contribution in [2.45, 2.75) is 6.54 Å². The number of rotatable bonds is 5. The van der Waals surface area contributed by atoms with E-state index in [2.05, 4.69) is 15.7 Å². The van der Waals surface area contributed by atoms with Gasteiger partial charge in [-0.05, 0) is 5.56 Å². The third kappa shape index (κ3) is 4.17.